The van der Waals surface area contributed by atoms with Crippen molar-refractivity contribution in [3.05, 3.63) is 0 Å². The van der Waals surface area contributed by atoms with Gasteiger partial charge >= 0.3 is 0 Å². The van der Waals surface area contributed by atoms with Crippen molar-refractivity contribution in [2.75, 3.05) is 13.6 Å². The number of carbonyl (C=O) groups is 2. The van der Waals surface area contributed by atoms with E-state index in [1.807, 2.05) is 14.0 Å². The molecular weight excluding hydrogens is 242 g/mol. The van der Waals surface area contributed by atoms with Crippen molar-refractivity contribution < 1.29 is 9.59 Å². The number of hydrogen-bond acceptors (Lipinski definition) is 3. The maximum absolute atomic E-state index is 12.1. The lowest BCUT2D eigenvalue weighted by Crippen LogP contribution is -2.51. The van der Waals surface area contributed by atoms with E-state index < -0.39 is 6.04 Å². The third kappa shape index (κ3) is 4.82. The van der Waals surface area contributed by atoms with Crippen LogP contribution in [0.1, 0.15) is 52.4 Å². The predicted octanol–water partition coefficient (Wildman–Crippen LogP) is 0.940. The second-order valence-electron chi connectivity index (χ2n) is 5.45. The van der Waals surface area contributed by atoms with E-state index in [0.29, 0.717) is 13.0 Å². The standard InChI is InChI=1S/C14H27N3O2/c1-4-16-13(19)11(2)17-12(18)10-14(15-3)8-6-5-7-9-14/h11,15H,4-10H2,1-3H3,(H,16,19)(H,17,18). The summed E-state index contributed by atoms with van der Waals surface area (Å²) in [5.41, 5.74) is -0.0801. The monoisotopic (exact) mass is 269 g/mol. The Balaban J connectivity index is 2.46. The topological polar surface area (TPSA) is 70.2 Å². The van der Waals surface area contributed by atoms with Gasteiger partial charge in [-0.1, -0.05) is 19.3 Å². The highest BCUT2D eigenvalue weighted by atomic mass is 16.2. The molecule has 0 heterocycles. The van der Waals surface area contributed by atoms with Gasteiger partial charge in [-0.2, -0.15) is 0 Å². The van der Waals surface area contributed by atoms with Gasteiger partial charge in [0, 0.05) is 18.5 Å². The zero-order valence-electron chi connectivity index (χ0n) is 12.3. The van der Waals surface area contributed by atoms with E-state index in [4.69, 9.17) is 0 Å². The minimum absolute atomic E-state index is 0.0463. The molecule has 1 rings (SSSR count). The number of nitrogens with one attached hydrogen (secondary N) is 3. The number of hydrogen-bond donors (Lipinski definition) is 3. The van der Waals surface area contributed by atoms with Crippen LogP contribution in [-0.2, 0) is 9.59 Å². The molecule has 0 aromatic rings. The maximum Gasteiger partial charge on any atom is 0.242 e. The van der Waals surface area contributed by atoms with E-state index in [9.17, 15) is 9.59 Å². The van der Waals surface area contributed by atoms with Crippen LogP contribution >= 0.6 is 0 Å². The lowest BCUT2D eigenvalue weighted by atomic mass is 9.79. The summed E-state index contributed by atoms with van der Waals surface area (Å²) in [5.74, 6) is -0.173. The van der Waals surface area contributed by atoms with Crippen LogP contribution in [0.4, 0.5) is 0 Å². The summed E-state index contributed by atoms with van der Waals surface area (Å²) in [6.07, 6.45) is 6.10. The van der Waals surface area contributed by atoms with Crippen LogP contribution in [0.3, 0.4) is 0 Å². The molecule has 5 nitrogen and oxygen atoms in total. The fraction of sp³-hybridized carbons (Fsp3) is 0.857. The van der Waals surface area contributed by atoms with Crippen LogP contribution in [0, 0.1) is 0 Å². The van der Waals surface area contributed by atoms with Gasteiger partial charge < -0.3 is 16.0 Å². The molecule has 1 aliphatic carbocycles. The summed E-state index contributed by atoms with van der Waals surface area (Å²) in [4.78, 5) is 23.6. The minimum atomic E-state index is -0.468. The van der Waals surface area contributed by atoms with E-state index in [1.165, 1.54) is 19.3 Å². The Morgan fingerprint density at radius 3 is 2.37 bits per heavy atom. The summed E-state index contributed by atoms with van der Waals surface area (Å²) < 4.78 is 0. The van der Waals surface area contributed by atoms with Gasteiger partial charge in [0.2, 0.25) is 11.8 Å². The minimum Gasteiger partial charge on any atom is -0.355 e. The number of likely N-dealkylation sites (N-methyl/N-ethyl adjacent to an activating group) is 1. The van der Waals surface area contributed by atoms with Crippen LogP contribution in [0.25, 0.3) is 0 Å². The maximum atomic E-state index is 12.1. The molecule has 19 heavy (non-hydrogen) atoms. The lowest BCUT2D eigenvalue weighted by Gasteiger charge is -2.36. The highest BCUT2D eigenvalue weighted by Crippen LogP contribution is 2.30. The molecule has 1 saturated carbocycles. The highest BCUT2D eigenvalue weighted by molar-refractivity contribution is 5.87. The van der Waals surface area contributed by atoms with E-state index >= 15 is 0 Å². The molecule has 0 radical (unpaired) electrons. The molecule has 5 heteroatoms. The van der Waals surface area contributed by atoms with Gasteiger partial charge in [-0.05, 0) is 33.7 Å². The van der Waals surface area contributed by atoms with E-state index in [2.05, 4.69) is 16.0 Å². The summed E-state index contributed by atoms with van der Waals surface area (Å²) in [6.45, 7) is 4.17. The Bertz CT molecular complexity index is 312. The van der Waals surface area contributed by atoms with Crippen molar-refractivity contribution in [1.82, 2.24) is 16.0 Å². The largest absolute Gasteiger partial charge is 0.355 e. The van der Waals surface area contributed by atoms with Gasteiger partial charge in [0.15, 0.2) is 0 Å². The third-order valence-electron chi connectivity index (χ3n) is 3.96. The first-order chi connectivity index (χ1) is 9.03. The second kappa shape index (κ2) is 7.48. The number of rotatable bonds is 6. The quantitative estimate of drug-likeness (QED) is 0.672. The van der Waals surface area contributed by atoms with Crippen molar-refractivity contribution in [1.29, 1.82) is 0 Å². The lowest BCUT2D eigenvalue weighted by molar-refractivity contribution is -0.129. The van der Waals surface area contributed by atoms with Gasteiger partial charge in [0.05, 0.1) is 0 Å². The molecule has 0 spiro atoms. The van der Waals surface area contributed by atoms with Gasteiger partial charge in [-0.25, -0.2) is 0 Å². The molecule has 3 N–H and O–H groups in total. The Morgan fingerprint density at radius 1 is 1.21 bits per heavy atom. The van der Waals surface area contributed by atoms with E-state index in [-0.39, 0.29) is 17.4 Å². The van der Waals surface area contributed by atoms with Crippen LogP contribution in [0.15, 0.2) is 0 Å². The molecule has 0 aliphatic heterocycles. The molecular formula is C14H27N3O2. The van der Waals surface area contributed by atoms with E-state index in [1.54, 1.807) is 6.92 Å². The van der Waals surface area contributed by atoms with Crippen LogP contribution in [0.2, 0.25) is 0 Å². The fourth-order valence-corrected chi connectivity index (χ4v) is 2.74. The third-order valence-corrected chi connectivity index (χ3v) is 3.96. The van der Waals surface area contributed by atoms with Gasteiger partial charge in [0.25, 0.3) is 0 Å². The Labute approximate surface area is 115 Å². The van der Waals surface area contributed by atoms with Gasteiger partial charge in [-0.15, -0.1) is 0 Å². The summed E-state index contributed by atoms with van der Waals surface area (Å²) in [7, 11) is 1.92. The molecule has 0 bridgehead atoms. The second-order valence-corrected chi connectivity index (χ2v) is 5.45. The Hall–Kier alpha value is -1.10. The van der Waals surface area contributed by atoms with Gasteiger partial charge in [0.1, 0.15) is 6.04 Å². The molecule has 0 aromatic carbocycles. The number of amides is 2. The van der Waals surface area contributed by atoms with Crippen LogP contribution in [-0.4, -0.2) is 37.0 Å². The Morgan fingerprint density at radius 2 is 1.84 bits per heavy atom. The van der Waals surface area contributed by atoms with Gasteiger partial charge in [-0.3, -0.25) is 9.59 Å². The zero-order valence-corrected chi connectivity index (χ0v) is 12.3. The van der Waals surface area contributed by atoms with Crippen LogP contribution < -0.4 is 16.0 Å². The number of carbonyl (C=O) groups excluding carboxylic acids is 2. The normalized spacial score (nSPS) is 19.5. The molecule has 1 fully saturated rings. The molecule has 110 valence electrons. The average Bonchev–Trinajstić information content (AvgIpc) is 2.39. The van der Waals surface area contributed by atoms with Crippen molar-refractivity contribution in [3.8, 4) is 0 Å². The first kappa shape index (κ1) is 16.0. The first-order valence-electron chi connectivity index (χ1n) is 7.29. The van der Waals surface area contributed by atoms with Crippen molar-refractivity contribution in [3.63, 3.8) is 0 Å². The summed E-state index contributed by atoms with van der Waals surface area (Å²) in [5, 5.41) is 8.80. The van der Waals surface area contributed by atoms with Crippen molar-refractivity contribution in [2.45, 2.75) is 64.0 Å². The van der Waals surface area contributed by atoms with E-state index in [0.717, 1.165) is 12.8 Å². The molecule has 2 amide bonds. The Kier molecular flexibility index (Phi) is 6.28. The highest BCUT2D eigenvalue weighted by Gasteiger charge is 2.33. The first-order valence-corrected chi connectivity index (χ1v) is 7.29. The fourth-order valence-electron chi connectivity index (χ4n) is 2.74. The smallest absolute Gasteiger partial charge is 0.242 e. The molecule has 0 aromatic heterocycles. The molecule has 1 unspecified atom stereocenters. The average molecular weight is 269 g/mol. The molecule has 0 saturated heterocycles. The molecule has 1 aliphatic rings. The van der Waals surface area contributed by atoms with Crippen molar-refractivity contribution >= 4 is 11.8 Å². The summed E-state index contributed by atoms with van der Waals surface area (Å²) in [6, 6.07) is -0.468. The molecule has 1 atom stereocenters. The summed E-state index contributed by atoms with van der Waals surface area (Å²) >= 11 is 0. The van der Waals surface area contributed by atoms with Crippen molar-refractivity contribution in [2.24, 2.45) is 0 Å². The SMILES string of the molecule is CCNC(=O)C(C)NC(=O)CC1(NC)CCCCC1. The zero-order chi connectivity index (χ0) is 14.3. The van der Waals surface area contributed by atoms with Crippen LogP contribution in [0.5, 0.6) is 0 Å². The predicted molar refractivity (Wildman–Crippen MR) is 75.8 cm³/mol.